The van der Waals surface area contributed by atoms with Gasteiger partial charge in [-0.1, -0.05) is 0 Å². The molecule has 3 aromatic heterocycles. The summed E-state index contributed by atoms with van der Waals surface area (Å²) in [6, 6.07) is 3.41. The Balaban J connectivity index is 1.76. The second-order valence-electron chi connectivity index (χ2n) is 5.15. The second kappa shape index (κ2) is 7.58. The van der Waals surface area contributed by atoms with Gasteiger partial charge in [0.2, 0.25) is 0 Å². The SMILES string of the molecule is CCOC(=O)NC(=O)c1ccsc1NC(=O)c1nc2ncc(C)cc2s1. The van der Waals surface area contributed by atoms with Crippen molar-refractivity contribution < 1.29 is 19.1 Å². The molecule has 0 aliphatic carbocycles. The normalized spacial score (nSPS) is 10.5. The molecule has 3 heterocycles. The minimum absolute atomic E-state index is 0.150. The number of amides is 3. The lowest BCUT2D eigenvalue weighted by molar-refractivity contribution is 0.0926. The van der Waals surface area contributed by atoms with Gasteiger partial charge < -0.3 is 10.1 Å². The molecule has 0 saturated carbocycles. The fourth-order valence-electron chi connectivity index (χ4n) is 2.08. The first-order valence-electron chi connectivity index (χ1n) is 7.58. The smallest absolute Gasteiger partial charge is 0.414 e. The number of aryl methyl sites for hydroxylation is 1. The zero-order valence-electron chi connectivity index (χ0n) is 13.9. The Bertz CT molecular complexity index is 995. The molecule has 3 amide bonds. The largest absolute Gasteiger partial charge is 0.450 e. The number of imide groups is 1. The number of ether oxygens (including phenoxy) is 1. The molecule has 10 heteroatoms. The van der Waals surface area contributed by atoms with Crippen LogP contribution in [0.15, 0.2) is 23.7 Å². The van der Waals surface area contributed by atoms with E-state index in [1.54, 1.807) is 18.5 Å². The Labute approximate surface area is 156 Å². The molecule has 8 nitrogen and oxygen atoms in total. The number of thiazole rings is 1. The van der Waals surface area contributed by atoms with Gasteiger partial charge in [0.25, 0.3) is 11.8 Å². The fourth-order valence-corrected chi connectivity index (χ4v) is 3.78. The number of nitrogens with zero attached hydrogens (tertiary/aromatic N) is 2. The number of aromatic nitrogens is 2. The van der Waals surface area contributed by atoms with Crippen LogP contribution in [0.5, 0.6) is 0 Å². The van der Waals surface area contributed by atoms with Crippen molar-refractivity contribution in [3.05, 3.63) is 39.8 Å². The minimum atomic E-state index is -0.839. The van der Waals surface area contributed by atoms with Crippen LogP contribution in [0.1, 0.15) is 32.6 Å². The highest BCUT2D eigenvalue weighted by molar-refractivity contribution is 7.20. The van der Waals surface area contributed by atoms with E-state index >= 15 is 0 Å². The van der Waals surface area contributed by atoms with Gasteiger partial charge in [-0.15, -0.1) is 22.7 Å². The predicted molar refractivity (Wildman–Crippen MR) is 98.9 cm³/mol. The number of hydrogen-bond donors (Lipinski definition) is 2. The van der Waals surface area contributed by atoms with Crippen LogP contribution in [0.3, 0.4) is 0 Å². The van der Waals surface area contributed by atoms with Crippen LogP contribution in [0, 0.1) is 6.92 Å². The van der Waals surface area contributed by atoms with E-state index in [2.05, 4.69) is 25.3 Å². The van der Waals surface area contributed by atoms with Crippen LogP contribution in [-0.4, -0.2) is 34.5 Å². The Morgan fingerprint density at radius 3 is 2.85 bits per heavy atom. The summed E-state index contributed by atoms with van der Waals surface area (Å²) in [5.41, 5.74) is 1.65. The van der Waals surface area contributed by atoms with E-state index in [4.69, 9.17) is 0 Å². The molecule has 3 aromatic rings. The Kier molecular flexibility index (Phi) is 5.24. The summed E-state index contributed by atoms with van der Waals surface area (Å²) >= 11 is 2.38. The average Bonchev–Trinajstić information content (AvgIpc) is 3.21. The molecule has 0 spiro atoms. The molecule has 0 saturated heterocycles. The molecule has 0 unspecified atom stereocenters. The van der Waals surface area contributed by atoms with E-state index in [1.165, 1.54) is 28.7 Å². The first-order valence-corrected chi connectivity index (χ1v) is 9.27. The molecular formula is C16H14N4O4S2. The summed E-state index contributed by atoms with van der Waals surface area (Å²) in [5, 5.41) is 6.95. The van der Waals surface area contributed by atoms with Crippen LogP contribution in [-0.2, 0) is 4.74 Å². The van der Waals surface area contributed by atoms with Gasteiger partial charge in [-0.25, -0.2) is 14.8 Å². The zero-order chi connectivity index (χ0) is 18.7. The van der Waals surface area contributed by atoms with Crippen molar-refractivity contribution in [3.8, 4) is 0 Å². The van der Waals surface area contributed by atoms with Crippen LogP contribution in [0.2, 0.25) is 0 Å². The van der Waals surface area contributed by atoms with Crippen molar-refractivity contribution in [1.29, 1.82) is 0 Å². The maximum absolute atomic E-state index is 12.5. The van der Waals surface area contributed by atoms with E-state index in [0.717, 1.165) is 10.3 Å². The summed E-state index contributed by atoms with van der Waals surface area (Å²) in [6.45, 7) is 3.69. The second-order valence-corrected chi connectivity index (χ2v) is 7.09. The fraction of sp³-hybridized carbons (Fsp3) is 0.188. The lowest BCUT2D eigenvalue weighted by Crippen LogP contribution is -2.31. The quantitative estimate of drug-likeness (QED) is 0.708. The van der Waals surface area contributed by atoms with Gasteiger partial charge in [0, 0.05) is 6.20 Å². The maximum atomic E-state index is 12.5. The van der Waals surface area contributed by atoms with Crippen molar-refractivity contribution in [2.45, 2.75) is 13.8 Å². The van der Waals surface area contributed by atoms with Gasteiger partial charge in [-0.2, -0.15) is 0 Å². The standard InChI is InChI=1S/C16H14N4O4S2/c1-3-24-16(23)20-12(21)9-4-5-25-14(9)19-13(22)15-18-11-10(26-15)6-8(2)7-17-11/h4-7H,3H2,1-2H3,(H,19,22)(H,20,21,23). The van der Waals surface area contributed by atoms with Gasteiger partial charge in [0.05, 0.1) is 16.9 Å². The summed E-state index contributed by atoms with van der Waals surface area (Å²) < 4.78 is 5.48. The Morgan fingerprint density at radius 2 is 2.08 bits per heavy atom. The predicted octanol–water partition coefficient (Wildman–Crippen LogP) is 3.20. The third-order valence-corrected chi connectivity index (χ3v) is 5.03. The first-order chi connectivity index (χ1) is 12.5. The molecule has 3 rings (SSSR count). The van der Waals surface area contributed by atoms with E-state index in [0.29, 0.717) is 10.6 Å². The van der Waals surface area contributed by atoms with Gasteiger partial charge >= 0.3 is 6.09 Å². The number of thiophene rings is 1. The van der Waals surface area contributed by atoms with E-state index in [9.17, 15) is 14.4 Å². The number of carbonyl (C=O) groups is 3. The summed E-state index contributed by atoms with van der Waals surface area (Å²) in [5.74, 6) is -1.10. The molecule has 0 radical (unpaired) electrons. The first kappa shape index (κ1) is 18.0. The molecule has 26 heavy (non-hydrogen) atoms. The Morgan fingerprint density at radius 1 is 1.27 bits per heavy atom. The number of hydrogen-bond acceptors (Lipinski definition) is 8. The van der Waals surface area contributed by atoms with Crippen LogP contribution in [0.4, 0.5) is 9.80 Å². The molecule has 0 aliphatic heterocycles. The molecule has 0 aromatic carbocycles. The highest BCUT2D eigenvalue weighted by Crippen LogP contribution is 2.26. The van der Waals surface area contributed by atoms with Gasteiger partial charge in [-0.05, 0) is 36.9 Å². The van der Waals surface area contributed by atoms with E-state index < -0.39 is 17.9 Å². The monoisotopic (exact) mass is 390 g/mol. The topological polar surface area (TPSA) is 110 Å². The summed E-state index contributed by atoms with van der Waals surface area (Å²) in [6.07, 6.45) is 0.842. The van der Waals surface area contributed by atoms with Crippen LogP contribution < -0.4 is 10.6 Å². The number of pyridine rings is 1. The zero-order valence-corrected chi connectivity index (χ0v) is 15.5. The van der Waals surface area contributed by atoms with Crippen LogP contribution in [0.25, 0.3) is 10.3 Å². The lowest BCUT2D eigenvalue weighted by Gasteiger charge is -2.05. The minimum Gasteiger partial charge on any atom is -0.450 e. The van der Waals surface area contributed by atoms with Crippen molar-refractivity contribution in [1.82, 2.24) is 15.3 Å². The van der Waals surface area contributed by atoms with Gasteiger partial charge in [0.1, 0.15) is 5.00 Å². The highest BCUT2D eigenvalue weighted by atomic mass is 32.1. The molecular weight excluding hydrogens is 376 g/mol. The highest BCUT2D eigenvalue weighted by Gasteiger charge is 2.20. The molecule has 2 N–H and O–H groups in total. The number of anilines is 1. The summed E-state index contributed by atoms with van der Waals surface area (Å²) in [4.78, 5) is 44.4. The van der Waals surface area contributed by atoms with E-state index in [1.807, 2.05) is 13.0 Å². The van der Waals surface area contributed by atoms with Crippen molar-refractivity contribution >= 4 is 55.9 Å². The molecule has 0 atom stereocenters. The average molecular weight is 390 g/mol. The number of fused-ring (bicyclic) bond motifs is 1. The van der Waals surface area contributed by atoms with Crippen molar-refractivity contribution in [3.63, 3.8) is 0 Å². The summed E-state index contributed by atoms with van der Waals surface area (Å²) in [7, 11) is 0. The lowest BCUT2D eigenvalue weighted by atomic mass is 10.3. The number of nitrogens with one attached hydrogen (secondary N) is 2. The third kappa shape index (κ3) is 3.86. The maximum Gasteiger partial charge on any atom is 0.414 e. The Hall–Kier alpha value is -2.85. The molecule has 0 bridgehead atoms. The number of alkyl carbamates (subject to hydrolysis) is 1. The molecule has 0 fully saturated rings. The number of carbonyl (C=O) groups excluding carboxylic acids is 3. The third-order valence-electron chi connectivity index (χ3n) is 3.21. The van der Waals surface area contributed by atoms with Gasteiger partial charge in [-0.3, -0.25) is 14.9 Å². The molecule has 134 valence electrons. The van der Waals surface area contributed by atoms with Crippen molar-refractivity contribution in [2.75, 3.05) is 11.9 Å². The van der Waals surface area contributed by atoms with E-state index in [-0.39, 0.29) is 17.2 Å². The number of rotatable bonds is 4. The molecule has 0 aliphatic rings. The van der Waals surface area contributed by atoms with Crippen LogP contribution >= 0.6 is 22.7 Å². The van der Waals surface area contributed by atoms with Crippen molar-refractivity contribution in [2.24, 2.45) is 0 Å². The van der Waals surface area contributed by atoms with Gasteiger partial charge in [0.15, 0.2) is 10.7 Å².